The first kappa shape index (κ1) is 16.4. The van der Waals surface area contributed by atoms with Gasteiger partial charge in [-0.15, -0.1) is 0 Å². The Balaban J connectivity index is 1.66. The molecule has 130 valence electrons. The third-order valence-electron chi connectivity index (χ3n) is 3.21. The summed E-state index contributed by atoms with van der Waals surface area (Å²) in [7, 11) is -3.54. The molecule has 1 unspecified atom stereocenters. The van der Waals surface area contributed by atoms with Crippen LogP contribution in [0.3, 0.4) is 0 Å². The van der Waals surface area contributed by atoms with Crippen LogP contribution in [0.1, 0.15) is 6.42 Å². The Hall–Kier alpha value is -2.47. The molecule has 1 fully saturated rings. The lowest BCUT2D eigenvalue weighted by molar-refractivity contribution is -0.118. The summed E-state index contributed by atoms with van der Waals surface area (Å²) in [5, 5.41) is 2.50. The number of hydrogen-bond donors (Lipinski definition) is 1. The van der Waals surface area contributed by atoms with Crippen molar-refractivity contribution in [2.45, 2.75) is 12.5 Å². The predicted molar refractivity (Wildman–Crippen MR) is 79.2 cm³/mol. The molecule has 0 aliphatic carbocycles. The Morgan fingerprint density at radius 3 is 3.00 bits per heavy atom. The van der Waals surface area contributed by atoms with Gasteiger partial charge in [-0.1, -0.05) is 0 Å². The van der Waals surface area contributed by atoms with Gasteiger partial charge in [-0.05, 0) is 0 Å². The summed E-state index contributed by atoms with van der Waals surface area (Å²) in [5.74, 6) is 0.120. The molecule has 1 aromatic rings. The lowest BCUT2D eigenvalue weighted by Crippen LogP contribution is -2.29. The average Bonchev–Trinajstić information content (AvgIpc) is 2.86. The van der Waals surface area contributed by atoms with Crippen molar-refractivity contribution in [3.05, 3.63) is 6.20 Å². The summed E-state index contributed by atoms with van der Waals surface area (Å²) in [4.78, 5) is 32.6. The van der Waals surface area contributed by atoms with Gasteiger partial charge in [0.15, 0.2) is 18.2 Å². The van der Waals surface area contributed by atoms with E-state index in [1.54, 1.807) is 0 Å². The first-order valence-corrected chi connectivity index (χ1v) is 8.76. The minimum Gasteiger partial charge on any atom is -0.465 e. The molecule has 0 saturated carbocycles. The van der Waals surface area contributed by atoms with Crippen molar-refractivity contribution in [3.63, 3.8) is 0 Å². The van der Waals surface area contributed by atoms with Crippen molar-refractivity contribution in [1.82, 2.24) is 9.97 Å². The van der Waals surface area contributed by atoms with Gasteiger partial charge in [-0.25, -0.2) is 14.8 Å². The fourth-order valence-corrected chi connectivity index (χ4v) is 2.58. The normalized spacial score (nSPS) is 20.2. The number of cyclic esters (lactones) is 1. The standard InChI is InChI=1S/C12H14N4O7S/c1-24(19,20)22-3-2-7-5-16(12(18)23-7)8-4-13-11-10(14-8)15-9(17)6-21-11/h4,7H,2-3,5-6H2,1H3,(H,14,15,17). The van der Waals surface area contributed by atoms with Crippen molar-refractivity contribution in [1.29, 1.82) is 0 Å². The van der Waals surface area contributed by atoms with Gasteiger partial charge in [-0.3, -0.25) is 13.9 Å². The van der Waals surface area contributed by atoms with E-state index >= 15 is 0 Å². The molecule has 0 aromatic carbocycles. The molecule has 0 spiro atoms. The number of nitrogens with one attached hydrogen (secondary N) is 1. The highest BCUT2D eigenvalue weighted by atomic mass is 32.2. The monoisotopic (exact) mass is 358 g/mol. The number of aromatic nitrogens is 2. The SMILES string of the molecule is CS(=O)(=O)OCCC1CN(c2cnc3c(n2)NC(=O)CO3)C(=O)O1. The minimum absolute atomic E-state index is 0.0929. The first-order chi connectivity index (χ1) is 11.3. The highest BCUT2D eigenvalue weighted by molar-refractivity contribution is 7.85. The lowest BCUT2D eigenvalue weighted by Gasteiger charge is -2.18. The zero-order valence-electron chi connectivity index (χ0n) is 12.6. The number of ether oxygens (including phenoxy) is 2. The number of carbonyl (C=O) groups excluding carboxylic acids is 2. The average molecular weight is 358 g/mol. The molecular formula is C12H14N4O7S. The second-order valence-corrected chi connectivity index (χ2v) is 6.79. The number of anilines is 2. The van der Waals surface area contributed by atoms with Crippen molar-refractivity contribution in [2.24, 2.45) is 0 Å². The summed E-state index contributed by atoms with van der Waals surface area (Å²) in [6.45, 7) is -0.0756. The molecule has 24 heavy (non-hydrogen) atoms. The summed E-state index contributed by atoms with van der Waals surface area (Å²) in [6, 6.07) is 0. The van der Waals surface area contributed by atoms with E-state index in [0.29, 0.717) is 0 Å². The van der Waals surface area contributed by atoms with E-state index in [4.69, 9.17) is 9.47 Å². The third-order valence-corrected chi connectivity index (χ3v) is 3.81. The van der Waals surface area contributed by atoms with Gasteiger partial charge in [0.2, 0.25) is 0 Å². The van der Waals surface area contributed by atoms with Crippen LogP contribution in [-0.2, 0) is 23.8 Å². The van der Waals surface area contributed by atoms with Crippen LogP contribution in [0.25, 0.3) is 0 Å². The molecular weight excluding hydrogens is 344 g/mol. The quantitative estimate of drug-likeness (QED) is 0.690. The molecule has 2 amide bonds. The fourth-order valence-electron chi connectivity index (χ4n) is 2.18. The van der Waals surface area contributed by atoms with Gasteiger partial charge >= 0.3 is 6.09 Å². The summed E-state index contributed by atoms with van der Waals surface area (Å²) >= 11 is 0. The van der Waals surface area contributed by atoms with Gasteiger partial charge in [-0.2, -0.15) is 8.42 Å². The Bertz CT molecular complexity index is 782. The smallest absolute Gasteiger partial charge is 0.415 e. The molecule has 1 atom stereocenters. The summed E-state index contributed by atoms with van der Waals surface area (Å²) < 4.78 is 36.7. The van der Waals surface area contributed by atoms with E-state index in [1.165, 1.54) is 11.1 Å². The van der Waals surface area contributed by atoms with E-state index < -0.39 is 22.3 Å². The predicted octanol–water partition coefficient (Wildman–Crippen LogP) is -0.501. The van der Waals surface area contributed by atoms with Crippen LogP contribution in [0.2, 0.25) is 0 Å². The molecule has 2 aliphatic rings. The molecule has 3 rings (SSSR count). The Morgan fingerprint density at radius 2 is 2.25 bits per heavy atom. The van der Waals surface area contributed by atoms with Crippen LogP contribution in [0.5, 0.6) is 5.88 Å². The number of hydrogen-bond acceptors (Lipinski definition) is 9. The van der Waals surface area contributed by atoms with Crippen molar-refractivity contribution in [3.8, 4) is 5.88 Å². The molecule has 2 aliphatic heterocycles. The second kappa shape index (κ2) is 6.20. The number of fused-ring (bicyclic) bond motifs is 1. The van der Waals surface area contributed by atoms with Gasteiger partial charge < -0.3 is 14.8 Å². The maximum Gasteiger partial charge on any atom is 0.415 e. The van der Waals surface area contributed by atoms with Gasteiger partial charge in [0.05, 0.1) is 25.6 Å². The number of amides is 2. The molecule has 1 N–H and O–H groups in total. The summed E-state index contributed by atoms with van der Waals surface area (Å²) in [6.07, 6.45) is 1.30. The third kappa shape index (κ3) is 3.71. The minimum atomic E-state index is -3.54. The lowest BCUT2D eigenvalue weighted by atomic mass is 10.2. The molecule has 1 aromatic heterocycles. The topological polar surface area (TPSA) is 137 Å². The van der Waals surface area contributed by atoms with Crippen molar-refractivity contribution < 1.29 is 31.7 Å². The fraction of sp³-hybridized carbons (Fsp3) is 0.500. The Kier molecular flexibility index (Phi) is 4.24. The number of rotatable bonds is 5. The largest absolute Gasteiger partial charge is 0.465 e. The van der Waals surface area contributed by atoms with Gasteiger partial charge in [0, 0.05) is 6.42 Å². The van der Waals surface area contributed by atoms with E-state index in [-0.39, 0.29) is 49.6 Å². The van der Waals surface area contributed by atoms with E-state index in [9.17, 15) is 18.0 Å². The highest BCUT2D eigenvalue weighted by Gasteiger charge is 2.34. The van der Waals surface area contributed by atoms with E-state index in [1.807, 2.05) is 0 Å². The molecule has 1 saturated heterocycles. The van der Waals surface area contributed by atoms with Crippen LogP contribution in [-0.4, -0.2) is 62.5 Å². The Labute approximate surface area is 137 Å². The maximum atomic E-state index is 11.9. The van der Waals surface area contributed by atoms with Crippen LogP contribution < -0.4 is 15.0 Å². The zero-order valence-corrected chi connectivity index (χ0v) is 13.4. The van der Waals surface area contributed by atoms with E-state index in [2.05, 4.69) is 19.5 Å². The maximum absolute atomic E-state index is 11.9. The number of nitrogens with zero attached hydrogens (tertiary/aromatic N) is 3. The van der Waals surface area contributed by atoms with Crippen molar-refractivity contribution >= 4 is 33.8 Å². The Morgan fingerprint density at radius 1 is 1.46 bits per heavy atom. The van der Waals surface area contributed by atoms with E-state index in [0.717, 1.165) is 6.26 Å². The second-order valence-electron chi connectivity index (χ2n) is 5.15. The molecule has 0 radical (unpaired) electrons. The van der Waals surface area contributed by atoms with Crippen LogP contribution in [0.4, 0.5) is 16.4 Å². The van der Waals surface area contributed by atoms with Gasteiger partial charge in [0.1, 0.15) is 6.10 Å². The zero-order chi connectivity index (χ0) is 17.3. The number of carbonyl (C=O) groups is 2. The van der Waals surface area contributed by atoms with Crippen LogP contribution in [0.15, 0.2) is 6.20 Å². The van der Waals surface area contributed by atoms with Crippen LogP contribution >= 0.6 is 0 Å². The summed E-state index contributed by atoms with van der Waals surface area (Å²) in [5.41, 5.74) is 0. The molecule has 3 heterocycles. The van der Waals surface area contributed by atoms with Crippen LogP contribution in [0, 0.1) is 0 Å². The van der Waals surface area contributed by atoms with Gasteiger partial charge in [0.25, 0.3) is 21.9 Å². The molecule has 11 nitrogen and oxygen atoms in total. The van der Waals surface area contributed by atoms with Crippen molar-refractivity contribution in [2.75, 3.05) is 36.2 Å². The molecule has 12 heteroatoms. The molecule has 0 bridgehead atoms. The first-order valence-electron chi connectivity index (χ1n) is 6.94. The highest BCUT2D eigenvalue weighted by Crippen LogP contribution is 2.27.